The number of nitrogens with one attached hydrogen (secondary N) is 1. The Morgan fingerprint density at radius 1 is 1.09 bits per heavy atom. The van der Waals surface area contributed by atoms with E-state index in [4.69, 9.17) is 4.74 Å². The molecular weight excluding hydrogens is 274 g/mol. The third-order valence-electron chi connectivity index (χ3n) is 4.23. The lowest BCUT2D eigenvalue weighted by Crippen LogP contribution is -2.35. The molecule has 0 radical (unpaired) electrons. The van der Waals surface area contributed by atoms with Crippen LogP contribution in [0.4, 0.5) is 0 Å². The van der Waals surface area contributed by atoms with Crippen LogP contribution in [0, 0.1) is 0 Å². The van der Waals surface area contributed by atoms with Gasteiger partial charge < -0.3 is 9.72 Å². The molecule has 0 amide bonds. The minimum absolute atomic E-state index is 0.848. The molecule has 0 aliphatic carbocycles. The Kier molecular flexibility index (Phi) is 3.62. The molecule has 2 aromatic heterocycles. The monoisotopic (exact) mass is 293 g/mol. The van der Waals surface area contributed by atoms with Crippen LogP contribution in [-0.2, 0) is 11.3 Å². The summed E-state index contributed by atoms with van der Waals surface area (Å²) in [7, 11) is 0. The Labute approximate surface area is 129 Å². The van der Waals surface area contributed by atoms with E-state index in [2.05, 4.69) is 45.2 Å². The summed E-state index contributed by atoms with van der Waals surface area (Å²) in [5, 5.41) is 1.17. The van der Waals surface area contributed by atoms with E-state index in [9.17, 15) is 0 Å². The molecule has 1 aliphatic rings. The quantitative estimate of drug-likeness (QED) is 0.807. The highest BCUT2D eigenvalue weighted by molar-refractivity contribution is 5.93. The zero-order valence-electron chi connectivity index (χ0n) is 12.5. The minimum atomic E-state index is 0.848. The number of aromatic nitrogens is 2. The SMILES string of the molecule is c1cnc2[nH]cc(-c3ccc(CN4CCOCC4)cc3)c2c1. The molecule has 3 aromatic rings. The van der Waals surface area contributed by atoms with Crippen LogP contribution in [0.1, 0.15) is 5.56 Å². The van der Waals surface area contributed by atoms with Crippen molar-refractivity contribution in [3.05, 3.63) is 54.4 Å². The van der Waals surface area contributed by atoms with Crippen LogP contribution in [0.2, 0.25) is 0 Å². The van der Waals surface area contributed by atoms with Gasteiger partial charge in [0.05, 0.1) is 13.2 Å². The van der Waals surface area contributed by atoms with Crippen LogP contribution in [0.15, 0.2) is 48.8 Å². The second-order valence-electron chi connectivity index (χ2n) is 5.69. The Bertz CT molecular complexity index is 757. The lowest BCUT2D eigenvalue weighted by Gasteiger charge is -2.26. The highest BCUT2D eigenvalue weighted by atomic mass is 16.5. The summed E-state index contributed by atoms with van der Waals surface area (Å²) in [6.07, 6.45) is 3.85. The Morgan fingerprint density at radius 3 is 2.73 bits per heavy atom. The largest absolute Gasteiger partial charge is 0.379 e. The molecule has 22 heavy (non-hydrogen) atoms. The summed E-state index contributed by atoms with van der Waals surface area (Å²) in [5.74, 6) is 0. The van der Waals surface area contributed by atoms with Gasteiger partial charge in [0.1, 0.15) is 5.65 Å². The van der Waals surface area contributed by atoms with E-state index < -0.39 is 0 Å². The van der Waals surface area contributed by atoms with Crippen molar-refractivity contribution in [3.63, 3.8) is 0 Å². The van der Waals surface area contributed by atoms with Gasteiger partial charge in [-0.05, 0) is 23.3 Å². The van der Waals surface area contributed by atoms with Gasteiger partial charge in [-0.25, -0.2) is 4.98 Å². The van der Waals surface area contributed by atoms with Crippen LogP contribution in [0.25, 0.3) is 22.2 Å². The Balaban J connectivity index is 1.56. The van der Waals surface area contributed by atoms with E-state index in [1.54, 1.807) is 0 Å². The van der Waals surface area contributed by atoms with E-state index in [0.29, 0.717) is 0 Å². The second-order valence-corrected chi connectivity index (χ2v) is 5.69. The number of morpholine rings is 1. The van der Waals surface area contributed by atoms with Crippen molar-refractivity contribution >= 4 is 11.0 Å². The van der Waals surface area contributed by atoms with Gasteiger partial charge in [0.25, 0.3) is 0 Å². The van der Waals surface area contributed by atoms with Crippen molar-refractivity contribution < 1.29 is 4.74 Å². The van der Waals surface area contributed by atoms with Gasteiger partial charge in [0, 0.05) is 43.0 Å². The lowest BCUT2D eigenvalue weighted by atomic mass is 10.0. The fourth-order valence-electron chi connectivity index (χ4n) is 3.00. The van der Waals surface area contributed by atoms with Gasteiger partial charge >= 0.3 is 0 Å². The highest BCUT2D eigenvalue weighted by Gasteiger charge is 2.11. The fourth-order valence-corrected chi connectivity index (χ4v) is 3.00. The first-order valence-electron chi connectivity index (χ1n) is 7.72. The lowest BCUT2D eigenvalue weighted by molar-refractivity contribution is 0.0342. The molecule has 3 heterocycles. The number of hydrogen-bond donors (Lipinski definition) is 1. The maximum absolute atomic E-state index is 5.40. The molecule has 0 bridgehead atoms. The number of nitrogens with zero attached hydrogens (tertiary/aromatic N) is 2. The number of fused-ring (bicyclic) bond motifs is 1. The molecule has 1 aromatic carbocycles. The molecule has 4 rings (SSSR count). The number of hydrogen-bond acceptors (Lipinski definition) is 3. The van der Waals surface area contributed by atoms with Gasteiger partial charge in [0.2, 0.25) is 0 Å². The van der Waals surface area contributed by atoms with Crippen molar-refractivity contribution in [2.24, 2.45) is 0 Å². The van der Waals surface area contributed by atoms with Gasteiger partial charge in [-0.1, -0.05) is 24.3 Å². The first kappa shape index (κ1) is 13.5. The summed E-state index contributed by atoms with van der Waals surface area (Å²) in [6.45, 7) is 4.74. The predicted molar refractivity (Wildman–Crippen MR) is 87.6 cm³/mol. The molecule has 1 N–H and O–H groups in total. The average molecular weight is 293 g/mol. The van der Waals surface area contributed by atoms with Crippen LogP contribution < -0.4 is 0 Å². The molecule has 0 atom stereocenters. The summed E-state index contributed by atoms with van der Waals surface area (Å²) in [4.78, 5) is 10.0. The first-order chi connectivity index (χ1) is 10.9. The van der Waals surface area contributed by atoms with Crippen molar-refractivity contribution in [1.29, 1.82) is 0 Å². The van der Waals surface area contributed by atoms with Crippen molar-refractivity contribution in [2.45, 2.75) is 6.54 Å². The molecule has 112 valence electrons. The summed E-state index contributed by atoms with van der Waals surface area (Å²) < 4.78 is 5.40. The van der Waals surface area contributed by atoms with E-state index in [-0.39, 0.29) is 0 Å². The van der Waals surface area contributed by atoms with E-state index in [1.165, 1.54) is 22.1 Å². The van der Waals surface area contributed by atoms with Gasteiger partial charge in [-0.3, -0.25) is 4.90 Å². The topological polar surface area (TPSA) is 41.2 Å². The number of ether oxygens (including phenoxy) is 1. The number of pyridine rings is 1. The average Bonchev–Trinajstić information content (AvgIpc) is 3.01. The van der Waals surface area contributed by atoms with E-state index in [0.717, 1.165) is 38.5 Å². The third-order valence-corrected chi connectivity index (χ3v) is 4.23. The first-order valence-corrected chi connectivity index (χ1v) is 7.72. The van der Waals surface area contributed by atoms with Crippen molar-refractivity contribution in [3.8, 4) is 11.1 Å². The van der Waals surface area contributed by atoms with Crippen LogP contribution in [0.5, 0.6) is 0 Å². The molecule has 4 nitrogen and oxygen atoms in total. The summed E-state index contributed by atoms with van der Waals surface area (Å²) >= 11 is 0. The summed E-state index contributed by atoms with van der Waals surface area (Å²) in [6, 6.07) is 12.9. The maximum Gasteiger partial charge on any atom is 0.137 e. The van der Waals surface area contributed by atoms with Gasteiger partial charge in [-0.15, -0.1) is 0 Å². The molecule has 0 saturated carbocycles. The van der Waals surface area contributed by atoms with Crippen LogP contribution in [-0.4, -0.2) is 41.2 Å². The van der Waals surface area contributed by atoms with Crippen molar-refractivity contribution in [2.75, 3.05) is 26.3 Å². The maximum atomic E-state index is 5.40. The zero-order chi connectivity index (χ0) is 14.8. The molecule has 1 fully saturated rings. The van der Waals surface area contributed by atoms with Crippen LogP contribution >= 0.6 is 0 Å². The fraction of sp³-hybridized carbons (Fsp3) is 0.278. The molecule has 4 heteroatoms. The summed E-state index contributed by atoms with van der Waals surface area (Å²) in [5.41, 5.74) is 4.73. The Hall–Kier alpha value is -2.17. The number of H-pyrrole nitrogens is 1. The Morgan fingerprint density at radius 2 is 1.91 bits per heavy atom. The second kappa shape index (κ2) is 5.91. The number of aromatic amines is 1. The number of rotatable bonds is 3. The molecule has 0 unspecified atom stereocenters. The normalized spacial score (nSPS) is 16.2. The van der Waals surface area contributed by atoms with Crippen LogP contribution in [0.3, 0.4) is 0 Å². The van der Waals surface area contributed by atoms with E-state index >= 15 is 0 Å². The van der Waals surface area contributed by atoms with Gasteiger partial charge in [0.15, 0.2) is 0 Å². The third kappa shape index (κ3) is 2.63. The molecular formula is C18H19N3O. The standard InChI is InChI=1S/C18H19N3O/c1-2-16-17(12-20-18(16)19-7-1)15-5-3-14(4-6-15)13-21-8-10-22-11-9-21/h1-7,12H,8-11,13H2,(H,19,20). The van der Waals surface area contributed by atoms with Crippen molar-refractivity contribution in [1.82, 2.24) is 14.9 Å². The molecule has 1 aliphatic heterocycles. The minimum Gasteiger partial charge on any atom is -0.379 e. The zero-order valence-corrected chi connectivity index (χ0v) is 12.5. The highest BCUT2D eigenvalue weighted by Crippen LogP contribution is 2.27. The predicted octanol–water partition coefficient (Wildman–Crippen LogP) is 3.06. The smallest absolute Gasteiger partial charge is 0.137 e. The van der Waals surface area contributed by atoms with E-state index in [1.807, 2.05) is 18.5 Å². The molecule has 1 saturated heterocycles. The molecule has 0 spiro atoms. The number of benzene rings is 1. The van der Waals surface area contributed by atoms with Gasteiger partial charge in [-0.2, -0.15) is 0 Å².